The van der Waals surface area contributed by atoms with Crippen molar-refractivity contribution in [2.24, 2.45) is 10.9 Å². The molecule has 2 rings (SSSR count). The second-order valence-electron chi connectivity index (χ2n) is 8.28. The number of hydrogen-bond acceptors (Lipinski definition) is 3. The highest BCUT2D eigenvalue weighted by Crippen LogP contribution is 2.22. The van der Waals surface area contributed by atoms with E-state index < -0.39 is 0 Å². The van der Waals surface area contributed by atoms with Crippen LogP contribution in [0.25, 0.3) is 0 Å². The first-order chi connectivity index (χ1) is 13.0. The van der Waals surface area contributed by atoms with Crippen LogP contribution in [0.4, 0.5) is 0 Å². The van der Waals surface area contributed by atoms with Gasteiger partial charge in [-0.2, -0.15) is 0 Å². The standard InChI is InChI=1S/C22H37N3O2/c1-22(2,3)20-8-6-18(7-9-20)16-25-21(23-4)24-12-5-13-27-17-19-10-14-26-15-11-19/h6-9,19H,5,10-17H2,1-4H3,(H2,23,24,25). The third-order valence-corrected chi connectivity index (χ3v) is 4.96. The van der Waals surface area contributed by atoms with Crippen LogP contribution in [-0.2, 0) is 21.4 Å². The third kappa shape index (κ3) is 8.31. The first-order valence-electron chi connectivity index (χ1n) is 10.2. The zero-order chi connectivity index (χ0) is 19.5. The van der Waals surface area contributed by atoms with E-state index in [-0.39, 0.29) is 5.41 Å². The molecule has 1 aliphatic heterocycles. The summed E-state index contributed by atoms with van der Waals surface area (Å²) in [4.78, 5) is 4.29. The first kappa shape index (κ1) is 21.7. The number of guanidine groups is 1. The van der Waals surface area contributed by atoms with E-state index in [0.29, 0.717) is 5.92 Å². The van der Waals surface area contributed by atoms with Crippen LogP contribution in [0.5, 0.6) is 0 Å². The predicted molar refractivity (Wildman–Crippen MR) is 112 cm³/mol. The molecule has 0 radical (unpaired) electrons. The molecule has 0 unspecified atom stereocenters. The molecule has 0 saturated carbocycles. The van der Waals surface area contributed by atoms with Crippen LogP contribution in [0, 0.1) is 5.92 Å². The van der Waals surface area contributed by atoms with Crippen LogP contribution >= 0.6 is 0 Å². The number of nitrogens with zero attached hydrogens (tertiary/aromatic N) is 1. The van der Waals surface area contributed by atoms with Gasteiger partial charge in [-0.05, 0) is 41.7 Å². The Bertz CT molecular complexity index is 558. The normalized spacial score (nSPS) is 16.4. The lowest BCUT2D eigenvalue weighted by atomic mass is 9.87. The van der Waals surface area contributed by atoms with Gasteiger partial charge in [-0.15, -0.1) is 0 Å². The van der Waals surface area contributed by atoms with Gasteiger partial charge in [0.2, 0.25) is 0 Å². The van der Waals surface area contributed by atoms with Gasteiger partial charge in [-0.3, -0.25) is 4.99 Å². The van der Waals surface area contributed by atoms with E-state index in [4.69, 9.17) is 9.47 Å². The van der Waals surface area contributed by atoms with E-state index in [1.54, 1.807) is 7.05 Å². The summed E-state index contributed by atoms with van der Waals surface area (Å²) in [5.41, 5.74) is 2.80. The smallest absolute Gasteiger partial charge is 0.191 e. The summed E-state index contributed by atoms with van der Waals surface area (Å²) in [6, 6.07) is 8.79. The highest BCUT2D eigenvalue weighted by atomic mass is 16.5. The van der Waals surface area contributed by atoms with Crippen LogP contribution in [0.15, 0.2) is 29.3 Å². The van der Waals surface area contributed by atoms with Crippen molar-refractivity contribution < 1.29 is 9.47 Å². The molecule has 0 amide bonds. The fraction of sp³-hybridized carbons (Fsp3) is 0.682. The van der Waals surface area contributed by atoms with Gasteiger partial charge >= 0.3 is 0 Å². The Labute approximate surface area is 164 Å². The van der Waals surface area contributed by atoms with Crippen molar-refractivity contribution >= 4 is 5.96 Å². The van der Waals surface area contributed by atoms with Gasteiger partial charge in [0.25, 0.3) is 0 Å². The van der Waals surface area contributed by atoms with Crippen LogP contribution in [0.3, 0.4) is 0 Å². The zero-order valence-electron chi connectivity index (χ0n) is 17.5. The average Bonchev–Trinajstić information content (AvgIpc) is 2.67. The molecule has 1 fully saturated rings. The Hall–Kier alpha value is -1.59. The number of ether oxygens (including phenoxy) is 2. The summed E-state index contributed by atoms with van der Waals surface area (Å²) >= 11 is 0. The maximum Gasteiger partial charge on any atom is 0.191 e. The summed E-state index contributed by atoms with van der Waals surface area (Å²) in [5.74, 6) is 1.50. The lowest BCUT2D eigenvalue weighted by Gasteiger charge is -2.21. The second-order valence-corrected chi connectivity index (χ2v) is 8.28. The Balaban J connectivity index is 1.58. The molecule has 1 saturated heterocycles. The quantitative estimate of drug-likeness (QED) is 0.415. The molecule has 0 aromatic heterocycles. The molecule has 5 nitrogen and oxygen atoms in total. The van der Waals surface area contributed by atoms with Gasteiger partial charge < -0.3 is 20.1 Å². The number of rotatable bonds is 8. The van der Waals surface area contributed by atoms with E-state index in [2.05, 4.69) is 60.7 Å². The molecule has 1 aromatic rings. The summed E-state index contributed by atoms with van der Waals surface area (Å²) in [5, 5.41) is 6.72. The molecule has 0 aliphatic carbocycles. The molecule has 5 heteroatoms. The van der Waals surface area contributed by atoms with Gasteiger partial charge in [-0.1, -0.05) is 45.0 Å². The highest BCUT2D eigenvalue weighted by molar-refractivity contribution is 5.79. The zero-order valence-corrected chi connectivity index (χ0v) is 17.5. The van der Waals surface area contributed by atoms with E-state index in [0.717, 1.165) is 64.7 Å². The van der Waals surface area contributed by atoms with Crippen molar-refractivity contribution in [2.75, 3.05) is 40.0 Å². The maximum atomic E-state index is 5.80. The Morgan fingerprint density at radius 1 is 1.15 bits per heavy atom. The van der Waals surface area contributed by atoms with Gasteiger partial charge in [0, 0.05) is 46.6 Å². The largest absolute Gasteiger partial charge is 0.381 e. The molecule has 0 spiro atoms. The second kappa shape index (κ2) is 11.3. The van der Waals surface area contributed by atoms with Crippen molar-refractivity contribution in [3.05, 3.63) is 35.4 Å². The van der Waals surface area contributed by atoms with Crippen molar-refractivity contribution in [1.82, 2.24) is 10.6 Å². The minimum atomic E-state index is 0.191. The third-order valence-electron chi connectivity index (χ3n) is 4.96. The van der Waals surface area contributed by atoms with Crippen LogP contribution in [-0.4, -0.2) is 46.0 Å². The van der Waals surface area contributed by atoms with E-state index in [1.165, 1.54) is 11.1 Å². The van der Waals surface area contributed by atoms with Gasteiger partial charge in [-0.25, -0.2) is 0 Å². The Morgan fingerprint density at radius 3 is 2.48 bits per heavy atom. The number of hydrogen-bond donors (Lipinski definition) is 2. The first-order valence-corrected chi connectivity index (χ1v) is 10.2. The molecule has 1 heterocycles. The monoisotopic (exact) mass is 375 g/mol. The van der Waals surface area contributed by atoms with Crippen LogP contribution in [0.2, 0.25) is 0 Å². The lowest BCUT2D eigenvalue weighted by molar-refractivity contribution is 0.0203. The van der Waals surface area contributed by atoms with Gasteiger partial charge in [0.05, 0.1) is 0 Å². The van der Waals surface area contributed by atoms with Crippen molar-refractivity contribution in [1.29, 1.82) is 0 Å². The van der Waals surface area contributed by atoms with E-state index >= 15 is 0 Å². The Kier molecular flexibility index (Phi) is 9.08. The minimum absolute atomic E-state index is 0.191. The van der Waals surface area contributed by atoms with Crippen LogP contribution < -0.4 is 10.6 Å². The minimum Gasteiger partial charge on any atom is -0.381 e. The topological polar surface area (TPSA) is 54.9 Å². The summed E-state index contributed by atoms with van der Waals surface area (Å²) in [6.45, 7) is 11.8. The summed E-state index contributed by atoms with van der Waals surface area (Å²) in [6.07, 6.45) is 3.24. The van der Waals surface area contributed by atoms with Crippen molar-refractivity contribution in [3.63, 3.8) is 0 Å². The lowest BCUT2D eigenvalue weighted by Crippen LogP contribution is -2.37. The van der Waals surface area contributed by atoms with Crippen molar-refractivity contribution in [3.8, 4) is 0 Å². The number of nitrogens with one attached hydrogen (secondary N) is 2. The summed E-state index contributed by atoms with van der Waals surface area (Å²) < 4.78 is 11.2. The fourth-order valence-corrected chi connectivity index (χ4v) is 3.07. The molecular formula is C22H37N3O2. The molecule has 1 aliphatic rings. The Morgan fingerprint density at radius 2 is 1.85 bits per heavy atom. The molecule has 27 heavy (non-hydrogen) atoms. The van der Waals surface area contributed by atoms with Crippen molar-refractivity contribution in [2.45, 2.75) is 52.0 Å². The van der Waals surface area contributed by atoms with E-state index in [9.17, 15) is 0 Å². The molecular weight excluding hydrogens is 338 g/mol. The summed E-state index contributed by atoms with van der Waals surface area (Å²) in [7, 11) is 1.81. The highest BCUT2D eigenvalue weighted by Gasteiger charge is 2.14. The molecule has 1 aromatic carbocycles. The number of aliphatic imine (C=N–C) groups is 1. The molecule has 2 N–H and O–H groups in total. The predicted octanol–water partition coefficient (Wildman–Crippen LogP) is 3.48. The maximum absolute atomic E-state index is 5.80. The average molecular weight is 376 g/mol. The number of benzene rings is 1. The molecule has 0 bridgehead atoms. The molecule has 0 atom stereocenters. The molecule has 152 valence electrons. The van der Waals surface area contributed by atoms with Gasteiger partial charge in [0.1, 0.15) is 0 Å². The van der Waals surface area contributed by atoms with E-state index in [1.807, 2.05) is 0 Å². The SMILES string of the molecule is CN=C(NCCCOCC1CCOCC1)NCc1ccc(C(C)(C)C)cc1. The fourth-order valence-electron chi connectivity index (χ4n) is 3.07. The van der Waals surface area contributed by atoms with Gasteiger partial charge in [0.15, 0.2) is 5.96 Å². The van der Waals surface area contributed by atoms with Crippen LogP contribution in [0.1, 0.15) is 51.2 Å².